The number of ether oxygens (including phenoxy) is 2. The SMILES string of the molecule is CCc1cc(C(=O)OC(C)(C)C)cc(OC)n1. The normalized spacial score (nSPS) is 11.1. The van der Waals surface area contributed by atoms with Gasteiger partial charge in [-0.05, 0) is 33.3 Å². The second kappa shape index (κ2) is 5.17. The highest BCUT2D eigenvalue weighted by atomic mass is 16.6. The van der Waals surface area contributed by atoms with E-state index in [2.05, 4.69) is 4.98 Å². The molecular formula is C13H19NO3. The lowest BCUT2D eigenvalue weighted by molar-refractivity contribution is 0.00688. The fraction of sp³-hybridized carbons (Fsp3) is 0.538. The number of methoxy groups -OCH3 is 1. The van der Waals surface area contributed by atoms with Gasteiger partial charge in [0.2, 0.25) is 5.88 Å². The van der Waals surface area contributed by atoms with Gasteiger partial charge in [0, 0.05) is 11.8 Å². The van der Waals surface area contributed by atoms with Crippen molar-refractivity contribution < 1.29 is 14.3 Å². The molecule has 0 aromatic carbocycles. The molecule has 0 N–H and O–H groups in total. The molecule has 0 aliphatic heterocycles. The molecule has 0 aliphatic carbocycles. The van der Waals surface area contributed by atoms with Crippen molar-refractivity contribution in [2.45, 2.75) is 39.7 Å². The standard InChI is InChI=1S/C13H19NO3/c1-6-10-7-9(8-11(14-10)16-5)12(15)17-13(2,3)4/h7-8H,6H2,1-5H3. The Hall–Kier alpha value is -1.58. The second-order valence-electron chi connectivity index (χ2n) is 4.74. The summed E-state index contributed by atoms with van der Waals surface area (Å²) in [5.74, 6) is 0.0816. The lowest BCUT2D eigenvalue weighted by atomic mass is 10.1. The minimum absolute atomic E-state index is 0.354. The first kappa shape index (κ1) is 13.5. The first-order chi connectivity index (χ1) is 7.85. The number of aromatic nitrogens is 1. The smallest absolute Gasteiger partial charge is 0.338 e. The first-order valence-electron chi connectivity index (χ1n) is 5.64. The molecule has 0 unspecified atom stereocenters. The largest absolute Gasteiger partial charge is 0.481 e. The summed E-state index contributed by atoms with van der Waals surface area (Å²) in [7, 11) is 1.53. The molecule has 0 saturated heterocycles. The second-order valence-corrected chi connectivity index (χ2v) is 4.74. The number of aryl methyl sites for hydroxylation is 1. The van der Waals surface area contributed by atoms with Crippen molar-refractivity contribution in [1.29, 1.82) is 0 Å². The van der Waals surface area contributed by atoms with Gasteiger partial charge in [-0.2, -0.15) is 0 Å². The van der Waals surface area contributed by atoms with E-state index in [1.807, 2.05) is 27.7 Å². The van der Waals surface area contributed by atoms with Gasteiger partial charge in [0.25, 0.3) is 0 Å². The van der Waals surface area contributed by atoms with Crippen LogP contribution in [-0.4, -0.2) is 23.7 Å². The molecule has 0 atom stereocenters. The number of esters is 1. The molecule has 0 fully saturated rings. The van der Waals surface area contributed by atoms with E-state index in [1.165, 1.54) is 7.11 Å². The summed E-state index contributed by atoms with van der Waals surface area (Å²) in [5, 5.41) is 0. The Morgan fingerprint density at radius 2 is 2.00 bits per heavy atom. The van der Waals surface area contributed by atoms with Crippen LogP contribution in [0.25, 0.3) is 0 Å². The topological polar surface area (TPSA) is 48.4 Å². The minimum Gasteiger partial charge on any atom is -0.481 e. The lowest BCUT2D eigenvalue weighted by Gasteiger charge is -2.19. The average molecular weight is 237 g/mol. The van der Waals surface area contributed by atoms with E-state index < -0.39 is 5.60 Å². The van der Waals surface area contributed by atoms with E-state index in [-0.39, 0.29) is 5.97 Å². The van der Waals surface area contributed by atoms with Gasteiger partial charge >= 0.3 is 5.97 Å². The molecule has 17 heavy (non-hydrogen) atoms. The summed E-state index contributed by atoms with van der Waals surface area (Å²) in [6.45, 7) is 7.48. The molecule has 4 heteroatoms. The summed E-state index contributed by atoms with van der Waals surface area (Å²) < 4.78 is 10.4. The van der Waals surface area contributed by atoms with Crippen molar-refractivity contribution in [2.75, 3.05) is 7.11 Å². The van der Waals surface area contributed by atoms with Gasteiger partial charge in [-0.25, -0.2) is 9.78 Å². The zero-order valence-electron chi connectivity index (χ0n) is 11.0. The van der Waals surface area contributed by atoms with E-state index in [1.54, 1.807) is 12.1 Å². The monoisotopic (exact) mass is 237 g/mol. The highest BCUT2D eigenvalue weighted by Crippen LogP contribution is 2.17. The molecule has 0 spiro atoms. The van der Waals surface area contributed by atoms with Gasteiger partial charge in [-0.3, -0.25) is 0 Å². The minimum atomic E-state index is -0.500. The van der Waals surface area contributed by atoms with E-state index >= 15 is 0 Å². The summed E-state index contributed by atoms with van der Waals surface area (Å²) in [5.41, 5.74) is 0.786. The first-order valence-corrected chi connectivity index (χ1v) is 5.64. The molecule has 1 aromatic rings. The number of nitrogens with zero attached hydrogens (tertiary/aromatic N) is 1. The third-order valence-corrected chi connectivity index (χ3v) is 2.06. The van der Waals surface area contributed by atoms with Crippen LogP contribution in [0.4, 0.5) is 0 Å². The van der Waals surface area contributed by atoms with Gasteiger partial charge in [0.05, 0.1) is 12.7 Å². The Morgan fingerprint density at radius 3 is 2.47 bits per heavy atom. The third-order valence-electron chi connectivity index (χ3n) is 2.06. The maximum absolute atomic E-state index is 11.9. The van der Waals surface area contributed by atoms with Gasteiger partial charge < -0.3 is 9.47 Å². The van der Waals surface area contributed by atoms with Crippen LogP contribution < -0.4 is 4.74 Å². The summed E-state index contributed by atoms with van der Waals surface area (Å²) in [6, 6.07) is 3.32. The molecule has 1 heterocycles. The van der Waals surface area contributed by atoms with Crippen molar-refractivity contribution in [3.8, 4) is 5.88 Å². The number of hydrogen-bond acceptors (Lipinski definition) is 4. The van der Waals surface area contributed by atoms with Gasteiger partial charge in [0.15, 0.2) is 0 Å². The van der Waals surface area contributed by atoms with Gasteiger partial charge in [-0.1, -0.05) is 6.92 Å². The predicted octanol–water partition coefficient (Wildman–Crippen LogP) is 2.61. The van der Waals surface area contributed by atoms with Crippen LogP contribution in [-0.2, 0) is 11.2 Å². The predicted molar refractivity (Wildman–Crippen MR) is 65.3 cm³/mol. The molecule has 0 amide bonds. The molecule has 0 saturated carbocycles. The Morgan fingerprint density at radius 1 is 1.35 bits per heavy atom. The van der Waals surface area contributed by atoms with Crippen LogP contribution in [0.2, 0.25) is 0 Å². The van der Waals surface area contributed by atoms with Crippen molar-refractivity contribution in [3.05, 3.63) is 23.4 Å². The number of pyridine rings is 1. The average Bonchev–Trinajstić information content (AvgIpc) is 2.26. The number of hydrogen-bond donors (Lipinski definition) is 0. The van der Waals surface area contributed by atoms with Crippen LogP contribution in [0, 0.1) is 0 Å². The molecular weight excluding hydrogens is 218 g/mol. The Labute approximate surface area is 102 Å². The molecule has 1 aromatic heterocycles. The van der Waals surface area contributed by atoms with E-state index in [9.17, 15) is 4.79 Å². The fourth-order valence-corrected chi connectivity index (χ4v) is 1.30. The summed E-state index contributed by atoms with van der Waals surface area (Å²) >= 11 is 0. The van der Waals surface area contributed by atoms with Crippen LogP contribution >= 0.6 is 0 Å². The maximum Gasteiger partial charge on any atom is 0.338 e. The van der Waals surface area contributed by atoms with Gasteiger partial charge in [-0.15, -0.1) is 0 Å². The lowest BCUT2D eigenvalue weighted by Crippen LogP contribution is -2.24. The maximum atomic E-state index is 11.9. The third kappa shape index (κ3) is 4.06. The molecule has 1 rings (SSSR count). The highest BCUT2D eigenvalue weighted by Gasteiger charge is 2.19. The Bertz CT molecular complexity index is 385. The summed E-state index contributed by atoms with van der Waals surface area (Å²) in [4.78, 5) is 16.1. The Kier molecular flexibility index (Phi) is 4.10. The van der Waals surface area contributed by atoms with Crippen molar-refractivity contribution in [3.63, 3.8) is 0 Å². The van der Waals surface area contributed by atoms with Crippen LogP contribution in [0.3, 0.4) is 0 Å². The van der Waals surface area contributed by atoms with E-state index in [4.69, 9.17) is 9.47 Å². The highest BCUT2D eigenvalue weighted by molar-refractivity contribution is 5.90. The van der Waals surface area contributed by atoms with Crippen molar-refractivity contribution >= 4 is 5.97 Å². The van der Waals surface area contributed by atoms with Gasteiger partial charge in [0.1, 0.15) is 5.60 Å². The summed E-state index contributed by atoms with van der Waals surface area (Å²) in [6.07, 6.45) is 0.743. The van der Waals surface area contributed by atoms with Crippen molar-refractivity contribution in [2.24, 2.45) is 0 Å². The zero-order valence-corrected chi connectivity index (χ0v) is 11.0. The molecule has 0 aliphatic rings. The van der Waals surface area contributed by atoms with Crippen LogP contribution in [0.5, 0.6) is 5.88 Å². The molecule has 0 radical (unpaired) electrons. The quantitative estimate of drug-likeness (QED) is 0.758. The number of rotatable bonds is 3. The fourth-order valence-electron chi connectivity index (χ4n) is 1.30. The molecule has 4 nitrogen and oxygen atoms in total. The zero-order chi connectivity index (χ0) is 13.1. The van der Waals surface area contributed by atoms with E-state index in [0.29, 0.717) is 11.4 Å². The molecule has 94 valence electrons. The Balaban J connectivity index is 3.00. The van der Waals surface area contributed by atoms with E-state index in [0.717, 1.165) is 12.1 Å². The van der Waals surface area contributed by atoms with Crippen LogP contribution in [0.15, 0.2) is 12.1 Å². The van der Waals surface area contributed by atoms with Crippen LogP contribution in [0.1, 0.15) is 43.7 Å². The van der Waals surface area contributed by atoms with Crippen molar-refractivity contribution in [1.82, 2.24) is 4.98 Å². The number of carbonyl (C=O) groups excluding carboxylic acids is 1. The molecule has 0 bridgehead atoms. The number of carbonyl (C=O) groups is 1.